The van der Waals surface area contributed by atoms with E-state index in [2.05, 4.69) is 17.4 Å². The third kappa shape index (κ3) is 3.67. The van der Waals surface area contributed by atoms with Crippen LogP contribution < -0.4 is 11.1 Å². The summed E-state index contributed by atoms with van der Waals surface area (Å²) in [6.07, 6.45) is 3.85. The zero-order valence-corrected chi connectivity index (χ0v) is 12.7. The van der Waals surface area contributed by atoms with Crippen LogP contribution in [0.25, 0.3) is 0 Å². The van der Waals surface area contributed by atoms with E-state index in [9.17, 15) is 0 Å². The van der Waals surface area contributed by atoms with Crippen molar-refractivity contribution in [2.75, 3.05) is 5.75 Å². The number of nitrogens with one attached hydrogen (secondary N) is 1. The van der Waals surface area contributed by atoms with Crippen LogP contribution in [0.15, 0.2) is 29.4 Å². The van der Waals surface area contributed by atoms with E-state index in [0.717, 1.165) is 22.9 Å². The molecule has 0 amide bonds. The van der Waals surface area contributed by atoms with Gasteiger partial charge in [-0.1, -0.05) is 42.8 Å². The van der Waals surface area contributed by atoms with Gasteiger partial charge in [-0.2, -0.15) is 11.8 Å². The minimum atomic E-state index is 0.174. The third-order valence-corrected chi connectivity index (χ3v) is 5.11. The highest BCUT2D eigenvalue weighted by Gasteiger charge is 2.26. The Kier molecular flexibility index (Phi) is 5.73. The van der Waals surface area contributed by atoms with Gasteiger partial charge in [0.1, 0.15) is 0 Å². The largest absolute Gasteiger partial charge is 0.409 e. The van der Waals surface area contributed by atoms with E-state index in [4.69, 9.17) is 10.9 Å². The molecule has 0 heterocycles. The number of oxime groups is 1. The monoisotopic (exact) mass is 293 g/mol. The fourth-order valence-electron chi connectivity index (χ4n) is 2.79. The van der Waals surface area contributed by atoms with Crippen LogP contribution in [0.5, 0.6) is 0 Å². The maximum Gasteiger partial charge on any atom is 0.170 e. The van der Waals surface area contributed by atoms with E-state index >= 15 is 0 Å². The standard InChI is InChI=1S/C15H23N3OS/c1-2-20-14-9-5-8-13(14)17-10-11-6-3-4-7-12(11)15(16)18-19/h3-4,6-7,13-14,17,19H,2,5,8-10H2,1H3,(H2,16,18). The quantitative estimate of drug-likeness (QED) is 0.326. The van der Waals surface area contributed by atoms with Crippen molar-refractivity contribution in [1.82, 2.24) is 5.32 Å². The number of nitrogens with zero attached hydrogens (tertiary/aromatic N) is 1. The molecule has 1 aliphatic rings. The van der Waals surface area contributed by atoms with Crippen LogP contribution in [-0.2, 0) is 6.54 Å². The molecule has 20 heavy (non-hydrogen) atoms. The Labute approximate surface area is 124 Å². The van der Waals surface area contributed by atoms with Gasteiger partial charge in [0.25, 0.3) is 0 Å². The summed E-state index contributed by atoms with van der Waals surface area (Å²) in [5, 5.41) is 16.3. The van der Waals surface area contributed by atoms with Gasteiger partial charge >= 0.3 is 0 Å². The van der Waals surface area contributed by atoms with Gasteiger partial charge < -0.3 is 16.3 Å². The van der Waals surface area contributed by atoms with Gasteiger partial charge in [0.15, 0.2) is 5.84 Å². The van der Waals surface area contributed by atoms with Crippen molar-refractivity contribution in [3.8, 4) is 0 Å². The molecule has 0 bridgehead atoms. The first kappa shape index (κ1) is 15.2. The molecule has 1 saturated carbocycles. The average Bonchev–Trinajstić information content (AvgIpc) is 2.92. The van der Waals surface area contributed by atoms with Crippen molar-refractivity contribution < 1.29 is 5.21 Å². The van der Waals surface area contributed by atoms with E-state index in [0.29, 0.717) is 6.04 Å². The lowest BCUT2D eigenvalue weighted by atomic mass is 10.1. The number of thioether (sulfide) groups is 1. The zero-order chi connectivity index (χ0) is 14.4. The summed E-state index contributed by atoms with van der Waals surface area (Å²) >= 11 is 2.05. The fourth-order valence-corrected chi connectivity index (χ4v) is 4.02. The van der Waals surface area contributed by atoms with Crippen molar-refractivity contribution in [2.24, 2.45) is 10.9 Å². The SMILES string of the molecule is CCSC1CCCC1NCc1ccccc1/C(N)=N/O. The first-order valence-corrected chi connectivity index (χ1v) is 8.22. The Morgan fingerprint density at radius 1 is 1.45 bits per heavy atom. The van der Waals surface area contributed by atoms with Gasteiger partial charge in [0, 0.05) is 23.4 Å². The maximum absolute atomic E-state index is 8.84. The van der Waals surface area contributed by atoms with Crippen molar-refractivity contribution in [3.63, 3.8) is 0 Å². The summed E-state index contributed by atoms with van der Waals surface area (Å²) in [7, 11) is 0. The van der Waals surface area contributed by atoms with E-state index in [1.807, 2.05) is 36.0 Å². The summed E-state index contributed by atoms with van der Waals surface area (Å²) in [4.78, 5) is 0. The molecule has 4 nitrogen and oxygen atoms in total. The van der Waals surface area contributed by atoms with E-state index in [1.54, 1.807) is 0 Å². The van der Waals surface area contributed by atoms with Crippen molar-refractivity contribution in [1.29, 1.82) is 0 Å². The predicted octanol–water partition coefficient (Wildman–Crippen LogP) is 2.54. The number of hydrogen-bond acceptors (Lipinski definition) is 4. The first-order chi connectivity index (χ1) is 9.76. The van der Waals surface area contributed by atoms with Crippen LogP contribution in [0.4, 0.5) is 0 Å². The topological polar surface area (TPSA) is 70.6 Å². The van der Waals surface area contributed by atoms with Gasteiger partial charge in [-0.3, -0.25) is 0 Å². The van der Waals surface area contributed by atoms with E-state index < -0.39 is 0 Å². The van der Waals surface area contributed by atoms with Gasteiger partial charge in [-0.15, -0.1) is 0 Å². The molecule has 0 saturated heterocycles. The Hall–Kier alpha value is -1.20. The Bertz CT molecular complexity index is 464. The van der Waals surface area contributed by atoms with Crippen LogP contribution in [0.3, 0.4) is 0 Å². The summed E-state index contributed by atoms with van der Waals surface area (Å²) in [6, 6.07) is 8.37. The molecule has 1 aromatic rings. The van der Waals surface area contributed by atoms with E-state index in [-0.39, 0.29) is 5.84 Å². The summed E-state index contributed by atoms with van der Waals surface area (Å²) in [6.45, 7) is 2.98. The van der Waals surface area contributed by atoms with Crippen LogP contribution in [-0.4, -0.2) is 28.1 Å². The van der Waals surface area contributed by atoms with Gasteiger partial charge in [-0.05, 0) is 24.2 Å². The van der Waals surface area contributed by atoms with Crippen LogP contribution in [0.2, 0.25) is 0 Å². The molecule has 2 unspecified atom stereocenters. The van der Waals surface area contributed by atoms with Gasteiger partial charge in [0.2, 0.25) is 0 Å². The molecule has 110 valence electrons. The normalized spacial score (nSPS) is 23.1. The molecule has 1 aromatic carbocycles. The molecule has 0 radical (unpaired) electrons. The second-order valence-corrected chi connectivity index (χ2v) is 6.57. The minimum absolute atomic E-state index is 0.174. The molecule has 2 atom stereocenters. The summed E-state index contributed by atoms with van der Waals surface area (Å²) in [5.41, 5.74) is 7.61. The predicted molar refractivity (Wildman–Crippen MR) is 85.4 cm³/mol. The fraction of sp³-hybridized carbons (Fsp3) is 0.533. The number of rotatable bonds is 6. The second-order valence-electron chi connectivity index (χ2n) is 5.05. The minimum Gasteiger partial charge on any atom is -0.409 e. The highest BCUT2D eigenvalue weighted by atomic mass is 32.2. The number of nitrogens with two attached hydrogens (primary N) is 1. The van der Waals surface area contributed by atoms with Gasteiger partial charge in [0.05, 0.1) is 0 Å². The molecule has 0 aromatic heterocycles. The van der Waals surface area contributed by atoms with Crippen molar-refractivity contribution in [2.45, 2.75) is 44.0 Å². The number of benzene rings is 1. The van der Waals surface area contributed by atoms with Crippen molar-refractivity contribution in [3.05, 3.63) is 35.4 Å². The molecule has 5 heteroatoms. The lowest BCUT2D eigenvalue weighted by Gasteiger charge is -2.21. The Balaban J connectivity index is 2.00. The lowest BCUT2D eigenvalue weighted by molar-refractivity contribution is 0.318. The Morgan fingerprint density at radius 3 is 3.00 bits per heavy atom. The first-order valence-electron chi connectivity index (χ1n) is 7.17. The zero-order valence-electron chi connectivity index (χ0n) is 11.9. The van der Waals surface area contributed by atoms with E-state index in [1.165, 1.54) is 25.0 Å². The Morgan fingerprint density at radius 2 is 2.25 bits per heavy atom. The summed E-state index contributed by atoms with van der Waals surface area (Å²) < 4.78 is 0. The highest BCUT2D eigenvalue weighted by Crippen LogP contribution is 2.30. The average molecular weight is 293 g/mol. The van der Waals surface area contributed by atoms with Crippen LogP contribution in [0.1, 0.15) is 37.3 Å². The van der Waals surface area contributed by atoms with Crippen LogP contribution in [0, 0.1) is 0 Å². The maximum atomic E-state index is 8.84. The second kappa shape index (κ2) is 7.55. The highest BCUT2D eigenvalue weighted by molar-refractivity contribution is 7.99. The molecule has 0 spiro atoms. The van der Waals surface area contributed by atoms with Crippen LogP contribution >= 0.6 is 11.8 Å². The van der Waals surface area contributed by atoms with Gasteiger partial charge in [-0.25, -0.2) is 0 Å². The number of hydrogen-bond donors (Lipinski definition) is 3. The molecule has 0 aliphatic heterocycles. The molecular weight excluding hydrogens is 270 g/mol. The van der Waals surface area contributed by atoms with Crippen molar-refractivity contribution >= 4 is 17.6 Å². The lowest BCUT2D eigenvalue weighted by Crippen LogP contribution is -2.34. The molecule has 1 aliphatic carbocycles. The number of amidine groups is 1. The smallest absolute Gasteiger partial charge is 0.170 e. The molecule has 1 fully saturated rings. The third-order valence-electron chi connectivity index (χ3n) is 3.79. The molecule has 2 rings (SSSR count). The molecule has 4 N–H and O–H groups in total. The summed E-state index contributed by atoms with van der Waals surface area (Å²) in [5.74, 6) is 1.34. The molecular formula is C15H23N3OS.